The fraction of sp³-hybridized carbons (Fsp3) is 1.00. The van der Waals surface area contributed by atoms with E-state index in [4.69, 9.17) is 13.3 Å². The highest BCUT2D eigenvalue weighted by atomic mass is 28.4. The van der Waals surface area contributed by atoms with Crippen LogP contribution in [0.5, 0.6) is 0 Å². The summed E-state index contributed by atoms with van der Waals surface area (Å²) in [5.74, 6) is 0. The van der Waals surface area contributed by atoms with E-state index in [2.05, 4.69) is 20.8 Å². The summed E-state index contributed by atoms with van der Waals surface area (Å²) in [6, 6.07) is 0.893. The largest absolute Gasteiger partial charge is 0.500 e. The van der Waals surface area contributed by atoms with Crippen LogP contribution < -0.4 is 0 Å². The Bertz CT molecular complexity index is 126. The third-order valence-corrected chi connectivity index (χ3v) is 5.25. The van der Waals surface area contributed by atoms with E-state index in [1.165, 1.54) is 0 Å². The molecule has 0 radical (unpaired) electrons. The van der Waals surface area contributed by atoms with Gasteiger partial charge in [-0.25, -0.2) is 0 Å². The van der Waals surface area contributed by atoms with Crippen molar-refractivity contribution >= 4 is 8.80 Å². The molecule has 1 unspecified atom stereocenters. The summed E-state index contributed by atoms with van der Waals surface area (Å²) in [7, 11) is 1.02. The van der Waals surface area contributed by atoms with E-state index in [9.17, 15) is 0 Å². The van der Waals surface area contributed by atoms with Crippen LogP contribution in [0.4, 0.5) is 0 Å². The van der Waals surface area contributed by atoms with E-state index < -0.39 is 8.80 Å². The molecule has 13 heavy (non-hydrogen) atoms. The molecule has 0 aliphatic rings. The third-order valence-electron chi connectivity index (χ3n) is 2.13. The van der Waals surface area contributed by atoms with Gasteiger partial charge in [-0.05, 0) is 13.3 Å². The van der Waals surface area contributed by atoms with Crippen LogP contribution in [0, 0.1) is 0 Å². The molecule has 80 valence electrons. The van der Waals surface area contributed by atoms with Crippen molar-refractivity contribution in [3.8, 4) is 0 Å². The highest BCUT2D eigenvalue weighted by molar-refractivity contribution is 6.60. The zero-order valence-electron chi connectivity index (χ0n) is 9.42. The molecule has 0 aromatic carbocycles. The van der Waals surface area contributed by atoms with Crippen molar-refractivity contribution < 1.29 is 13.3 Å². The lowest BCUT2D eigenvalue weighted by Gasteiger charge is -2.28. The van der Waals surface area contributed by atoms with Crippen LogP contribution in [0.3, 0.4) is 0 Å². The van der Waals surface area contributed by atoms with E-state index in [-0.39, 0.29) is 6.10 Å². The molecule has 0 spiro atoms. The first kappa shape index (κ1) is 13.1. The average Bonchev–Trinajstić information content (AvgIpc) is 2.17. The molecule has 3 nitrogen and oxygen atoms in total. The summed E-state index contributed by atoms with van der Waals surface area (Å²) in [6.07, 6.45) is 2.24. The summed E-state index contributed by atoms with van der Waals surface area (Å²) < 4.78 is 16.6. The Labute approximate surface area is 82.8 Å². The Kier molecular flexibility index (Phi) is 6.58. The van der Waals surface area contributed by atoms with Gasteiger partial charge in [-0.3, -0.25) is 0 Å². The molecule has 0 amide bonds. The summed E-state index contributed by atoms with van der Waals surface area (Å²) in [6.45, 7) is 6.26. The highest BCUT2D eigenvalue weighted by Gasteiger charge is 2.39. The van der Waals surface area contributed by atoms with Gasteiger partial charge in [0.1, 0.15) is 0 Å². The molecule has 1 atom stereocenters. The molecule has 4 heteroatoms. The van der Waals surface area contributed by atoms with E-state index in [1.807, 2.05) is 0 Å². The predicted octanol–water partition coefficient (Wildman–Crippen LogP) is 2.44. The minimum Gasteiger partial charge on any atom is -0.377 e. The van der Waals surface area contributed by atoms with Crippen LogP contribution in [-0.2, 0) is 13.3 Å². The summed E-state index contributed by atoms with van der Waals surface area (Å²) in [5, 5.41) is 0. The van der Waals surface area contributed by atoms with Crippen molar-refractivity contribution in [1.29, 1.82) is 0 Å². The van der Waals surface area contributed by atoms with Gasteiger partial charge in [-0.15, -0.1) is 0 Å². The Hall–Kier alpha value is 0.0969. The molecule has 0 bridgehead atoms. The maximum atomic E-state index is 5.82. The van der Waals surface area contributed by atoms with Crippen molar-refractivity contribution in [3.63, 3.8) is 0 Å². The lowest BCUT2D eigenvalue weighted by atomic mass is 10.3. The van der Waals surface area contributed by atoms with Gasteiger partial charge in [0, 0.05) is 26.4 Å². The first-order valence-corrected chi connectivity index (χ1v) is 6.85. The second-order valence-electron chi connectivity index (χ2n) is 3.18. The fourth-order valence-corrected chi connectivity index (χ4v) is 3.42. The van der Waals surface area contributed by atoms with Gasteiger partial charge in [0.25, 0.3) is 0 Å². The topological polar surface area (TPSA) is 27.7 Å². The molecule has 0 heterocycles. The maximum absolute atomic E-state index is 5.82. The Morgan fingerprint density at radius 3 is 2.00 bits per heavy atom. The Morgan fingerprint density at radius 1 is 1.15 bits per heavy atom. The van der Waals surface area contributed by atoms with E-state index in [1.54, 1.807) is 14.2 Å². The van der Waals surface area contributed by atoms with Gasteiger partial charge < -0.3 is 13.3 Å². The van der Waals surface area contributed by atoms with Gasteiger partial charge in [-0.1, -0.05) is 20.3 Å². The van der Waals surface area contributed by atoms with Crippen LogP contribution in [-0.4, -0.2) is 29.1 Å². The van der Waals surface area contributed by atoms with Gasteiger partial charge >= 0.3 is 8.80 Å². The fourth-order valence-electron chi connectivity index (χ4n) is 1.14. The second-order valence-corrected chi connectivity index (χ2v) is 6.10. The minimum absolute atomic E-state index is 0.220. The quantitative estimate of drug-likeness (QED) is 0.599. The van der Waals surface area contributed by atoms with Gasteiger partial charge in [-0.2, -0.15) is 0 Å². The number of hydrogen-bond donors (Lipinski definition) is 0. The first-order chi connectivity index (χ1) is 6.14. The molecule has 0 rings (SSSR count). The van der Waals surface area contributed by atoms with Crippen LogP contribution in [0.1, 0.15) is 33.6 Å². The van der Waals surface area contributed by atoms with Crippen molar-refractivity contribution in [2.24, 2.45) is 0 Å². The Balaban J connectivity index is 4.19. The zero-order chi connectivity index (χ0) is 10.3. The molecule has 0 N–H and O–H groups in total. The molecule has 0 aromatic heterocycles. The van der Waals surface area contributed by atoms with Gasteiger partial charge in [0.2, 0.25) is 0 Å². The van der Waals surface area contributed by atoms with Crippen LogP contribution in [0.2, 0.25) is 6.04 Å². The minimum atomic E-state index is -2.33. The van der Waals surface area contributed by atoms with Crippen molar-refractivity contribution in [3.05, 3.63) is 0 Å². The predicted molar refractivity (Wildman–Crippen MR) is 55.7 cm³/mol. The maximum Gasteiger partial charge on any atom is 0.500 e. The number of hydrogen-bond acceptors (Lipinski definition) is 3. The third kappa shape index (κ3) is 4.22. The molecule has 0 aromatic rings. The monoisotopic (exact) mass is 206 g/mol. The molecular weight excluding hydrogens is 184 g/mol. The molecule has 0 saturated carbocycles. The summed E-state index contributed by atoms with van der Waals surface area (Å²) in [5.41, 5.74) is 0. The smallest absolute Gasteiger partial charge is 0.377 e. The molecule has 0 aliphatic carbocycles. The van der Waals surface area contributed by atoms with Crippen LogP contribution in [0.15, 0.2) is 0 Å². The summed E-state index contributed by atoms with van der Waals surface area (Å²) in [4.78, 5) is 0. The average molecular weight is 206 g/mol. The zero-order valence-corrected chi connectivity index (χ0v) is 10.4. The van der Waals surface area contributed by atoms with Crippen molar-refractivity contribution in [1.82, 2.24) is 0 Å². The van der Waals surface area contributed by atoms with Crippen molar-refractivity contribution in [2.75, 3.05) is 14.2 Å². The first-order valence-electron chi connectivity index (χ1n) is 4.92. The second kappa shape index (κ2) is 6.54. The number of rotatable bonds is 7. The summed E-state index contributed by atoms with van der Waals surface area (Å²) >= 11 is 0. The van der Waals surface area contributed by atoms with Crippen LogP contribution >= 0.6 is 0 Å². The van der Waals surface area contributed by atoms with Crippen LogP contribution in [0.25, 0.3) is 0 Å². The molecule has 0 fully saturated rings. The molecule has 0 aliphatic heterocycles. The van der Waals surface area contributed by atoms with E-state index in [0.717, 1.165) is 18.9 Å². The lowest BCUT2D eigenvalue weighted by molar-refractivity contribution is 0.0609. The highest BCUT2D eigenvalue weighted by Crippen LogP contribution is 2.18. The normalized spacial score (nSPS) is 14.5. The van der Waals surface area contributed by atoms with Gasteiger partial charge in [0.15, 0.2) is 0 Å². The van der Waals surface area contributed by atoms with E-state index >= 15 is 0 Å². The Morgan fingerprint density at radius 2 is 1.69 bits per heavy atom. The standard InChI is InChI=1S/C9H22O3Si/c1-6-8-13(10-4,11-5)12-9(3)7-2/h9H,6-8H2,1-5H3. The van der Waals surface area contributed by atoms with Crippen molar-refractivity contribution in [2.45, 2.75) is 45.8 Å². The molecular formula is C9H22O3Si. The SMILES string of the molecule is CCC[Si](OC)(OC)OC(C)CC. The molecule has 0 saturated heterocycles. The lowest BCUT2D eigenvalue weighted by Crippen LogP contribution is -2.45. The van der Waals surface area contributed by atoms with E-state index in [0.29, 0.717) is 0 Å². The van der Waals surface area contributed by atoms with Gasteiger partial charge in [0.05, 0.1) is 0 Å².